The second kappa shape index (κ2) is 4.72. The molecule has 0 fully saturated rings. The predicted octanol–water partition coefficient (Wildman–Crippen LogP) is 3.42. The summed E-state index contributed by atoms with van der Waals surface area (Å²) in [4.78, 5) is 8.11. The van der Waals surface area contributed by atoms with Crippen molar-refractivity contribution in [2.75, 3.05) is 7.11 Å². The first-order chi connectivity index (χ1) is 8.11. The van der Waals surface area contributed by atoms with Crippen LogP contribution in [0.2, 0.25) is 5.15 Å². The second-order valence-electron chi connectivity index (χ2n) is 3.89. The van der Waals surface area contributed by atoms with E-state index in [1.54, 1.807) is 13.2 Å². The van der Waals surface area contributed by atoms with E-state index >= 15 is 0 Å². The van der Waals surface area contributed by atoms with Gasteiger partial charge in [0, 0.05) is 11.6 Å². The van der Waals surface area contributed by atoms with Crippen molar-refractivity contribution in [1.29, 1.82) is 0 Å². The highest BCUT2D eigenvalue weighted by Crippen LogP contribution is 2.33. The Bertz CT molecular complexity index is 555. The normalized spacial score (nSPS) is 10.4. The van der Waals surface area contributed by atoms with Gasteiger partial charge in [-0.2, -0.15) is 0 Å². The van der Waals surface area contributed by atoms with E-state index in [2.05, 4.69) is 16.0 Å². The van der Waals surface area contributed by atoms with E-state index in [1.165, 1.54) is 6.33 Å². The molecule has 2 aromatic rings. The van der Waals surface area contributed by atoms with Gasteiger partial charge >= 0.3 is 0 Å². The van der Waals surface area contributed by atoms with Gasteiger partial charge in [-0.1, -0.05) is 17.7 Å². The molecule has 1 aromatic carbocycles. The van der Waals surface area contributed by atoms with E-state index in [0.717, 1.165) is 28.1 Å². The van der Waals surface area contributed by atoms with E-state index in [4.69, 9.17) is 16.3 Å². The van der Waals surface area contributed by atoms with Crippen molar-refractivity contribution in [1.82, 2.24) is 9.97 Å². The molecule has 3 nitrogen and oxygen atoms in total. The molecule has 4 heteroatoms. The minimum absolute atomic E-state index is 0.428. The maximum absolute atomic E-state index is 5.88. The highest BCUT2D eigenvalue weighted by molar-refractivity contribution is 6.29. The number of halogens is 1. The highest BCUT2D eigenvalue weighted by atomic mass is 35.5. The van der Waals surface area contributed by atoms with Gasteiger partial charge in [-0.05, 0) is 31.0 Å². The van der Waals surface area contributed by atoms with Crippen LogP contribution in [0.5, 0.6) is 5.75 Å². The lowest BCUT2D eigenvalue weighted by atomic mass is 10.0. The summed E-state index contributed by atoms with van der Waals surface area (Å²) < 4.78 is 5.40. The van der Waals surface area contributed by atoms with Crippen molar-refractivity contribution in [3.8, 4) is 17.0 Å². The first-order valence-electron chi connectivity index (χ1n) is 5.25. The molecule has 0 saturated carbocycles. The molecule has 0 N–H and O–H groups in total. The average molecular weight is 249 g/mol. The molecule has 0 saturated heterocycles. The first kappa shape index (κ1) is 11.9. The number of rotatable bonds is 2. The van der Waals surface area contributed by atoms with Crippen LogP contribution in [0.15, 0.2) is 24.5 Å². The van der Waals surface area contributed by atoms with Gasteiger partial charge < -0.3 is 4.74 Å². The van der Waals surface area contributed by atoms with Gasteiger partial charge in [-0.15, -0.1) is 0 Å². The monoisotopic (exact) mass is 248 g/mol. The molecule has 0 unspecified atom stereocenters. The lowest BCUT2D eigenvalue weighted by Crippen LogP contribution is -1.95. The largest absolute Gasteiger partial charge is 0.496 e. The molecule has 0 bridgehead atoms. The fraction of sp³-hybridized carbons (Fsp3) is 0.231. The van der Waals surface area contributed by atoms with Crippen molar-refractivity contribution in [2.24, 2.45) is 0 Å². The number of hydrogen-bond acceptors (Lipinski definition) is 3. The minimum atomic E-state index is 0.428. The number of aryl methyl sites for hydroxylation is 2. The summed E-state index contributed by atoms with van der Waals surface area (Å²) in [5.74, 6) is 0.803. The van der Waals surface area contributed by atoms with Gasteiger partial charge in [0.25, 0.3) is 0 Å². The summed E-state index contributed by atoms with van der Waals surface area (Å²) in [5, 5.41) is 0.428. The molecule has 0 spiro atoms. The molecule has 0 atom stereocenters. The summed E-state index contributed by atoms with van der Waals surface area (Å²) in [6.07, 6.45) is 1.45. The summed E-state index contributed by atoms with van der Waals surface area (Å²) in [6, 6.07) is 5.81. The van der Waals surface area contributed by atoms with Gasteiger partial charge in [0.2, 0.25) is 0 Å². The Morgan fingerprint density at radius 2 is 1.88 bits per heavy atom. The van der Waals surface area contributed by atoms with Crippen LogP contribution >= 0.6 is 11.6 Å². The zero-order valence-electron chi connectivity index (χ0n) is 9.99. The minimum Gasteiger partial charge on any atom is -0.496 e. The molecule has 1 aromatic heterocycles. The van der Waals surface area contributed by atoms with Gasteiger partial charge in [-0.3, -0.25) is 0 Å². The molecule has 2 rings (SSSR count). The Morgan fingerprint density at radius 1 is 1.12 bits per heavy atom. The van der Waals surface area contributed by atoms with Crippen LogP contribution in [-0.2, 0) is 0 Å². The van der Waals surface area contributed by atoms with E-state index < -0.39 is 0 Å². The Hall–Kier alpha value is -1.61. The maximum atomic E-state index is 5.88. The number of nitrogens with zero attached hydrogens (tertiary/aromatic N) is 2. The van der Waals surface area contributed by atoms with Crippen molar-refractivity contribution in [3.05, 3.63) is 40.8 Å². The molecular formula is C13H13ClN2O. The van der Waals surface area contributed by atoms with E-state index in [-0.39, 0.29) is 0 Å². The molecular weight excluding hydrogens is 236 g/mol. The second-order valence-corrected chi connectivity index (χ2v) is 4.27. The summed E-state index contributed by atoms with van der Waals surface area (Å²) >= 11 is 5.88. The summed E-state index contributed by atoms with van der Waals surface area (Å²) in [7, 11) is 1.65. The summed E-state index contributed by atoms with van der Waals surface area (Å²) in [6.45, 7) is 4.06. The number of methoxy groups -OCH3 is 1. The number of aromatic nitrogens is 2. The zero-order chi connectivity index (χ0) is 12.4. The Morgan fingerprint density at radius 3 is 2.53 bits per heavy atom. The standard InChI is InChI=1S/C13H13ClN2O/c1-8-4-9(2)13(11(5-8)17-3)10-6-12(14)16-7-15-10/h4-7H,1-3H3. The third kappa shape index (κ3) is 2.39. The Balaban J connectivity index is 2.66. The zero-order valence-corrected chi connectivity index (χ0v) is 10.7. The van der Waals surface area contributed by atoms with Crippen LogP contribution in [0.25, 0.3) is 11.3 Å². The quantitative estimate of drug-likeness (QED) is 0.764. The smallest absolute Gasteiger partial charge is 0.133 e. The predicted molar refractivity (Wildman–Crippen MR) is 68.5 cm³/mol. The van der Waals surface area contributed by atoms with Crippen molar-refractivity contribution >= 4 is 11.6 Å². The van der Waals surface area contributed by atoms with Crippen molar-refractivity contribution < 1.29 is 4.74 Å². The SMILES string of the molecule is COc1cc(C)cc(C)c1-c1cc(Cl)ncn1. The molecule has 88 valence electrons. The fourth-order valence-corrected chi connectivity index (χ4v) is 2.04. The fourth-order valence-electron chi connectivity index (χ4n) is 1.89. The Labute approximate surface area is 105 Å². The molecule has 0 aliphatic heterocycles. The van der Waals surface area contributed by atoms with Crippen LogP contribution in [0.3, 0.4) is 0 Å². The van der Waals surface area contributed by atoms with E-state index in [1.807, 2.05) is 19.9 Å². The number of benzene rings is 1. The van der Waals surface area contributed by atoms with E-state index in [0.29, 0.717) is 5.15 Å². The third-order valence-electron chi connectivity index (χ3n) is 2.55. The van der Waals surface area contributed by atoms with Crippen molar-refractivity contribution in [3.63, 3.8) is 0 Å². The number of hydrogen-bond donors (Lipinski definition) is 0. The van der Waals surface area contributed by atoms with Gasteiger partial charge in [0.15, 0.2) is 0 Å². The average Bonchev–Trinajstić information content (AvgIpc) is 2.27. The maximum Gasteiger partial charge on any atom is 0.133 e. The van der Waals surface area contributed by atoms with Crippen molar-refractivity contribution in [2.45, 2.75) is 13.8 Å². The molecule has 0 aliphatic carbocycles. The topological polar surface area (TPSA) is 35.0 Å². The summed E-state index contributed by atoms with van der Waals surface area (Å²) in [5.41, 5.74) is 4.00. The van der Waals surface area contributed by atoms with Gasteiger partial charge in [0.05, 0.1) is 12.8 Å². The van der Waals surface area contributed by atoms with Crippen LogP contribution in [-0.4, -0.2) is 17.1 Å². The van der Waals surface area contributed by atoms with E-state index in [9.17, 15) is 0 Å². The van der Waals surface area contributed by atoms with Gasteiger partial charge in [-0.25, -0.2) is 9.97 Å². The van der Waals surface area contributed by atoms with Crippen LogP contribution in [0.4, 0.5) is 0 Å². The molecule has 17 heavy (non-hydrogen) atoms. The van der Waals surface area contributed by atoms with Gasteiger partial charge in [0.1, 0.15) is 17.2 Å². The number of ether oxygens (including phenoxy) is 1. The van der Waals surface area contributed by atoms with Crippen LogP contribution < -0.4 is 4.74 Å². The lowest BCUT2D eigenvalue weighted by Gasteiger charge is -2.12. The molecule has 0 aliphatic rings. The molecule has 0 radical (unpaired) electrons. The lowest BCUT2D eigenvalue weighted by molar-refractivity contribution is 0.415. The highest BCUT2D eigenvalue weighted by Gasteiger charge is 2.11. The van der Waals surface area contributed by atoms with Crippen LogP contribution in [0.1, 0.15) is 11.1 Å². The van der Waals surface area contributed by atoms with Crippen LogP contribution in [0, 0.1) is 13.8 Å². The molecule has 0 amide bonds. The third-order valence-corrected chi connectivity index (χ3v) is 2.76. The Kier molecular flexibility index (Phi) is 3.29. The first-order valence-corrected chi connectivity index (χ1v) is 5.62. The molecule has 1 heterocycles.